The molecule has 1 aliphatic heterocycles. The molecule has 3 heterocycles. The Kier molecular flexibility index (Phi) is 7.96. The summed E-state index contributed by atoms with van der Waals surface area (Å²) in [4.78, 5) is 31.5. The summed E-state index contributed by atoms with van der Waals surface area (Å²) in [6.45, 7) is 6.53. The molecule has 2 atom stereocenters. The van der Waals surface area contributed by atoms with Crippen LogP contribution < -0.4 is 26.5 Å². The third kappa shape index (κ3) is 5.54. The lowest BCUT2D eigenvalue weighted by atomic mass is 10.2. The maximum atomic E-state index is 13.9. The van der Waals surface area contributed by atoms with E-state index in [-0.39, 0.29) is 29.4 Å². The van der Waals surface area contributed by atoms with Crippen molar-refractivity contribution in [1.29, 1.82) is 0 Å². The molecule has 5 rings (SSSR count). The lowest BCUT2D eigenvalue weighted by Gasteiger charge is -2.15. The van der Waals surface area contributed by atoms with Gasteiger partial charge in [-0.15, -0.1) is 0 Å². The monoisotopic (exact) mass is 568 g/mol. The molecule has 2 aromatic heterocycles. The van der Waals surface area contributed by atoms with Crippen LogP contribution in [0.15, 0.2) is 58.5 Å². The highest BCUT2D eigenvalue weighted by Gasteiger charge is 2.23. The van der Waals surface area contributed by atoms with Crippen molar-refractivity contribution in [3.8, 4) is 17.1 Å². The predicted octanol–water partition coefficient (Wildman–Crippen LogP) is 4.10. The molecule has 0 saturated carbocycles. The van der Waals surface area contributed by atoms with Gasteiger partial charge in [-0.3, -0.25) is 24.1 Å². The fraction of sp³-hybridized carbons (Fsp3) is 0.308. The van der Waals surface area contributed by atoms with Gasteiger partial charge in [0.1, 0.15) is 10.4 Å². The summed E-state index contributed by atoms with van der Waals surface area (Å²) >= 11 is 8.12. The average Bonchev–Trinajstić information content (AvgIpc) is 3.46. The number of nitrogens with one attached hydrogen (secondary N) is 3. The van der Waals surface area contributed by atoms with E-state index in [2.05, 4.69) is 16.2 Å². The second-order valence-corrected chi connectivity index (χ2v) is 11.6. The Hall–Kier alpha value is -3.03. The van der Waals surface area contributed by atoms with Crippen LogP contribution in [0.3, 0.4) is 0 Å². The fourth-order valence-corrected chi connectivity index (χ4v) is 6.33. The molecule has 1 aliphatic rings. The first-order valence-electron chi connectivity index (χ1n) is 12.3. The molecule has 0 aliphatic carbocycles. The molecule has 4 aromatic rings. The number of hydrogen-bond donors (Lipinski definition) is 3. The van der Waals surface area contributed by atoms with Crippen molar-refractivity contribution in [3.63, 3.8) is 0 Å². The third-order valence-electron chi connectivity index (χ3n) is 6.04. The van der Waals surface area contributed by atoms with Crippen molar-refractivity contribution < 1.29 is 9.53 Å². The van der Waals surface area contributed by atoms with Gasteiger partial charge in [0.2, 0.25) is 5.91 Å². The highest BCUT2D eigenvalue weighted by molar-refractivity contribution is 7.99. The minimum atomic E-state index is -0.224. The number of carbonyl (C=O) groups is 1. The maximum Gasteiger partial charge on any atom is 0.278 e. The molecule has 9 nitrogen and oxygen atoms in total. The SMILES string of the molecule is CCOc1ccc(-n2c(=S)sc3c(=O)n(-c4ccc(C)cc4)c(SCC(=O)NC4CC(C)NN4)nc32)cc1. The number of thiazole rings is 1. The van der Waals surface area contributed by atoms with Crippen molar-refractivity contribution in [2.45, 2.75) is 44.6 Å². The molecule has 0 spiro atoms. The maximum absolute atomic E-state index is 13.9. The van der Waals surface area contributed by atoms with E-state index >= 15 is 0 Å². The number of thioether (sulfide) groups is 1. The van der Waals surface area contributed by atoms with E-state index in [9.17, 15) is 9.59 Å². The van der Waals surface area contributed by atoms with Crippen LogP contribution in [0.1, 0.15) is 25.8 Å². The number of nitrogens with zero attached hydrogens (tertiary/aromatic N) is 3. The lowest BCUT2D eigenvalue weighted by Crippen LogP contribution is -2.45. The van der Waals surface area contributed by atoms with Crippen LogP contribution in [-0.2, 0) is 4.79 Å². The molecule has 38 heavy (non-hydrogen) atoms. The van der Waals surface area contributed by atoms with Gasteiger partial charge < -0.3 is 10.1 Å². The van der Waals surface area contributed by atoms with Gasteiger partial charge >= 0.3 is 0 Å². The van der Waals surface area contributed by atoms with E-state index in [1.807, 2.05) is 69.3 Å². The Morgan fingerprint density at radius 3 is 2.50 bits per heavy atom. The van der Waals surface area contributed by atoms with Crippen LogP contribution in [0.2, 0.25) is 0 Å². The van der Waals surface area contributed by atoms with Crippen molar-refractivity contribution in [1.82, 2.24) is 30.3 Å². The molecular weight excluding hydrogens is 541 g/mol. The Bertz CT molecular complexity index is 1580. The van der Waals surface area contributed by atoms with Gasteiger partial charge in [-0.25, -0.2) is 10.4 Å². The first kappa shape index (κ1) is 26.6. The van der Waals surface area contributed by atoms with Crippen molar-refractivity contribution in [3.05, 3.63) is 68.4 Å². The summed E-state index contributed by atoms with van der Waals surface area (Å²) in [6, 6.07) is 15.4. The van der Waals surface area contributed by atoms with Gasteiger partial charge in [-0.2, -0.15) is 0 Å². The molecule has 2 unspecified atom stereocenters. The standard InChI is InChI=1S/C26H28N6O3S3/c1-4-35-19-11-9-17(10-12-19)31-23-22(38-26(31)36)24(34)32(18-7-5-15(2)6-8-18)25(28-23)37-14-21(33)27-20-13-16(3)29-30-20/h5-12,16,20,29-30H,4,13-14H2,1-3H3,(H,27,33). The highest BCUT2D eigenvalue weighted by atomic mass is 32.2. The van der Waals surface area contributed by atoms with Crippen LogP contribution in [0.25, 0.3) is 21.7 Å². The van der Waals surface area contributed by atoms with E-state index in [0.717, 1.165) is 23.4 Å². The number of fused-ring (bicyclic) bond motifs is 1. The van der Waals surface area contributed by atoms with Crippen molar-refractivity contribution in [2.75, 3.05) is 12.4 Å². The Balaban J connectivity index is 1.56. The molecule has 1 fully saturated rings. The number of carbonyl (C=O) groups excluding carboxylic acids is 1. The summed E-state index contributed by atoms with van der Waals surface area (Å²) < 4.78 is 9.89. The second kappa shape index (κ2) is 11.4. The van der Waals surface area contributed by atoms with Crippen LogP contribution in [0.5, 0.6) is 5.75 Å². The quantitative estimate of drug-likeness (QED) is 0.166. The van der Waals surface area contributed by atoms with E-state index in [1.54, 1.807) is 9.13 Å². The highest BCUT2D eigenvalue weighted by Crippen LogP contribution is 2.28. The minimum Gasteiger partial charge on any atom is -0.494 e. The van der Waals surface area contributed by atoms with E-state index < -0.39 is 0 Å². The van der Waals surface area contributed by atoms with E-state index in [0.29, 0.717) is 31.8 Å². The van der Waals surface area contributed by atoms with Crippen LogP contribution in [0, 0.1) is 10.9 Å². The van der Waals surface area contributed by atoms with Gasteiger partial charge in [-0.1, -0.05) is 40.8 Å². The van der Waals surface area contributed by atoms with Gasteiger partial charge in [-0.05, 0) is 75.8 Å². The fourth-order valence-electron chi connectivity index (χ4n) is 4.22. The van der Waals surface area contributed by atoms with E-state index in [4.69, 9.17) is 21.9 Å². The number of hydrazine groups is 1. The zero-order valence-electron chi connectivity index (χ0n) is 21.2. The number of rotatable bonds is 8. The van der Waals surface area contributed by atoms with Crippen LogP contribution in [-0.4, -0.2) is 44.6 Å². The van der Waals surface area contributed by atoms with Gasteiger partial charge in [0.05, 0.1) is 24.2 Å². The molecule has 1 amide bonds. The predicted molar refractivity (Wildman–Crippen MR) is 154 cm³/mol. The summed E-state index contributed by atoms with van der Waals surface area (Å²) in [7, 11) is 0. The molecule has 3 N–H and O–H groups in total. The Labute approximate surface area is 233 Å². The average molecular weight is 569 g/mol. The zero-order chi connectivity index (χ0) is 26.8. The van der Waals surface area contributed by atoms with Crippen molar-refractivity contribution >= 4 is 51.6 Å². The number of aromatic nitrogens is 3. The largest absolute Gasteiger partial charge is 0.494 e. The summed E-state index contributed by atoms with van der Waals surface area (Å²) in [5.74, 6) is 0.701. The van der Waals surface area contributed by atoms with Gasteiger partial charge in [0.25, 0.3) is 5.56 Å². The zero-order valence-corrected chi connectivity index (χ0v) is 23.6. The van der Waals surface area contributed by atoms with Crippen molar-refractivity contribution in [2.24, 2.45) is 0 Å². The number of aryl methyl sites for hydroxylation is 1. The van der Waals surface area contributed by atoms with Crippen LogP contribution >= 0.6 is 35.3 Å². The van der Waals surface area contributed by atoms with E-state index in [1.165, 1.54) is 23.1 Å². The summed E-state index contributed by atoms with van der Waals surface area (Å²) in [5.41, 5.74) is 8.95. The summed E-state index contributed by atoms with van der Waals surface area (Å²) in [6.07, 6.45) is 0.641. The first-order chi connectivity index (χ1) is 18.3. The Morgan fingerprint density at radius 1 is 1.16 bits per heavy atom. The smallest absolute Gasteiger partial charge is 0.278 e. The Morgan fingerprint density at radius 2 is 1.84 bits per heavy atom. The topological polar surface area (TPSA) is 102 Å². The number of ether oxygens (including phenoxy) is 1. The normalized spacial score (nSPS) is 17.1. The molecule has 198 valence electrons. The summed E-state index contributed by atoms with van der Waals surface area (Å²) in [5, 5.41) is 3.39. The molecule has 0 bridgehead atoms. The molecule has 2 aromatic carbocycles. The minimum absolute atomic E-state index is 0.101. The van der Waals surface area contributed by atoms with Gasteiger partial charge in [0, 0.05) is 11.7 Å². The third-order valence-corrected chi connectivity index (χ3v) is 8.33. The lowest BCUT2D eigenvalue weighted by molar-refractivity contribution is -0.119. The number of benzene rings is 2. The number of hydrogen-bond acceptors (Lipinski definition) is 9. The second-order valence-electron chi connectivity index (χ2n) is 8.99. The molecule has 12 heteroatoms. The molecular formula is C26H28N6O3S3. The first-order valence-corrected chi connectivity index (χ1v) is 14.5. The van der Waals surface area contributed by atoms with Gasteiger partial charge in [0.15, 0.2) is 14.8 Å². The molecule has 1 saturated heterocycles. The number of amides is 1. The van der Waals surface area contributed by atoms with Crippen LogP contribution in [0.4, 0.5) is 0 Å². The molecule has 0 radical (unpaired) electrons.